The van der Waals surface area contributed by atoms with Gasteiger partial charge in [-0.15, -0.1) is 5.10 Å². The SMILES string of the molecule is CCC(CC)C(=O)NCc1cn(CC2(O)CCN(C(=O)c3cc(Cl)ccc3Cl)CC2)nn1. The van der Waals surface area contributed by atoms with E-state index in [-0.39, 0.29) is 24.3 Å². The fraction of sp³-hybridized carbons (Fsp3) is 0.545. The number of likely N-dealkylation sites (tertiary alicyclic amines) is 1. The Morgan fingerprint density at radius 2 is 1.91 bits per heavy atom. The molecule has 2 aromatic rings. The van der Waals surface area contributed by atoms with Gasteiger partial charge in [-0.1, -0.05) is 42.3 Å². The molecule has 1 fully saturated rings. The highest BCUT2D eigenvalue weighted by Crippen LogP contribution is 2.27. The van der Waals surface area contributed by atoms with Crippen LogP contribution in [0.5, 0.6) is 0 Å². The summed E-state index contributed by atoms with van der Waals surface area (Å²) in [6.45, 7) is 5.34. The van der Waals surface area contributed by atoms with Crippen molar-refractivity contribution in [3.8, 4) is 0 Å². The molecule has 0 spiro atoms. The molecule has 3 rings (SSSR count). The molecule has 2 N–H and O–H groups in total. The number of hydrogen-bond acceptors (Lipinski definition) is 5. The van der Waals surface area contributed by atoms with Crippen LogP contribution in [0, 0.1) is 5.92 Å². The minimum atomic E-state index is -1.00. The van der Waals surface area contributed by atoms with Crippen molar-refractivity contribution in [3.05, 3.63) is 45.7 Å². The first-order valence-corrected chi connectivity index (χ1v) is 11.6. The van der Waals surface area contributed by atoms with E-state index in [9.17, 15) is 14.7 Å². The highest BCUT2D eigenvalue weighted by molar-refractivity contribution is 6.35. The number of carbonyl (C=O) groups excluding carboxylic acids is 2. The third-order valence-electron chi connectivity index (χ3n) is 5.98. The van der Waals surface area contributed by atoms with Gasteiger partial charge < -0.3 is 15.3 Å². The predicted molar refractivity (Wildman–Crippen MR) is 122 cm³/mol. The number of aliphatic hydroxyl groups is 1. The third-order valence-corrected chi connectivity index (χ3v) is 6.55. The van der Waals surface area contributed by atoms with Crippen molar-refractivity contribution in [1.29, 1.82) is 0 Å². The zero-order chi connectivity index (χ0) is 23.3. The number of aromatic nitrogens is 3. The van der Waals surface area contributed by atoms with Crippen LogP contribution in [0.2, 0.25) is 10.0 Å². The van der Waals surface area contributed by atoms with Crippen LogP contribution in [-0.2, 0) is 17.9 Å². The second-order valence-corrected chi connectivity index (χ2v) is 9.12. The van der Waals surface area contributed by atoms with Crippen LogP contribution < -0.4 is 5.32 Å². The number of nitrogens with one attached hydrogen (secondary N) is 1. The van der Waals surface area contributed by atoms with Crippen molar-refractivity contribution < 1.29 is 14.7 Å². The maximum Gasteiger partial charge on any atom is 0.255 e. The molecule has 0 atom stereocenters. The lowest BCUT2D eigenvalue weighted by Gasteiger charge is -2.38. The Kier molecular flexibility index (Phi) is 8.14. The molecule has 32 heavy (non-hydrogen) atoms. The van der Waals surface area contributed by atoms with Crippen LogP contribution in [0.25, 0.3) is 0 Å². The van der Waals surface area contributed by atoms with Crippen LogP contribution >= 0.6 is 23.2 Å². The summed E-state index contributed by atoms with van der Waals surface area (Å²) in [4.78, 5) is 26.6. The first kappa shape index (κ1) is 24.5. The maximum atomic E-state index is 12.8. The molecule has 1 aliphatic heterocycles. The quantitative estimate of drug-likeness (QED) is 0.602. The number of hydrogen-bond donors (Lipinski definition) is 2. The summed E-state index contributed by atoms with van der Waals surface area (Å²) in [5.41, 5.74) is -0.00406. The largest absolute Gasteiger partial charge is 0.388 e. The van der Waals surface area contributed by atoms with Crippen molar-refractivity contribution in [2.45, 2.75) is 58.2 Å². The number of carbonyl (C=O) groups is 2. The van der Waals surface area contributed by atoms with Gasteiger partial charge in [0.1, 0.15) is 5.69 Å². The van der Waals surface area contributed by atoms with E-state index in [0.29, 0.717) is 53.8 Å². The molecule has 2 heterocycles. The van der Waals surface area contributed by atoms with Crippen molar-refractivity contribution in [3.63, 3.8) is 0 Å². The summed E-state index contributed by atoms with van der Waals surface area (Å²) in [6, 6.07) is 4.80. The Morgan fingerprint density at radius 3 is 2.56 bits per heavy atom. The van der Waals surface area contributed by atoms with Gasteiger partial charge in [-0.2, -0.15) is 0 Å². The molecule has 0 radical (unpaired) electrons. The number of rotatable bonds is 8. The number of benzene rings is 1. The van der Waals surface area contributed by atoms with Gasteiger partial charge in [0.25, 0.3) is 5.91 Å². The Morgan fingerprint density at radius 1 is 1.22 bits per heavy atom. The normalized spacial score (nSPS) is 15.8. The molecule has 1 aromatic carbocycles. The zero-order valence-electron chi connectivity index (χ0n) is 18.4. The molecule has 0 unspecified atom stereocenters. The summed E-state index contributed by atoms with van der Waals surface area (Å²) in [5, 5.41) is 22.9. The van der Waals surface area contributed by atoms with E-state index in [1.165, 1.54) is 0 Å². The average Bonchev–Trinajstić information content (AvgIpc) is 3.21. The van der Waals surface area contributed by atoms with Gasteiger partial charge in [-0.25, -0.2) is 4.68 Å². The molecule has 2 amide bonds. The number of amides is 2. The molecule has 0 aliphatic carbocycles. The van der Waals surface area contributed by atoms with Gasteiger partial charge in [0.2, 0.25) is 5.91 Å². The smallest absolute Gasteiger partial charge is 0.255 e. The summed E-state index contributed by atoms with van der Waals surface area (Å²) in [6.07, 6.45) is 4.12. The Bertz CT molecular complexity index is 953. The topological polar surface area (TPSA) is 100 Å². The van der Waals surface area contributed by atoms with Gasteiger partial charge in [-0.3, -0.25) is 9.59 Å². The summed E-state index contributed by atoms with van der Waals surface area (Å²) >= 11 is 12.2. The zero-order valence-corrected chi connectivity index (χ0v) is 19.9. The van der Waals surface area contributed by atoms with Crippen LogP contribution in [0.15, 0.2) is 24.4 Å². The number of halogens is 2. The summed E-state index contributed by atoms with van der Waals surface area (Å²) in [7, 11) is 0. The van der Waals surface area contributed by atoms with E-state index in [0.717, 1.165) is 12.8 Å². The summed E-state index contributed by atoms with van der Waals surface area (Å²) < 4.78 is 1.59. The van der Waals surface area contributed by atoms with Gasteiger partial charge in [-0.05, 0) is 43.9 Å². The average molecular weight is 482 g/mol. The van der Waals surface area contributed by atoms with Gasteiger partial charge in [0, 0.05) is 24.0 Å². The lowest BCUT2D eigenvalue weighted by Crippen LogP contribution is -2.48. The van der Waals surface area contributed by atoms with Crippen LogP contribution in [0.1, 0.15) is 55.6 Å². The highest BCUT2D eigenvalue weighted by atomic mass is 35.5. The van der Waals surface area contributed by atoms with Crippen molar-refractivity contribution in [1.82, 2.24) is 25.2 Å². The molecule has 174 valence electrons. The first-order chi connectivity index (χ1) is 15.2. The third kappa shape index (κ3) is 5.99. The lowest BCUT2D eigenvalue weighted by atomic mass is 9.91. The molecule has 8 nitrogen and oxygen atoms in total. The minimum absolute atomic E-state index is 0.000411. The second-order valence-electron chi connectivity index (χ2n) is 8.28. The summed E-state index contributed by atoms with van der Waals surface area (Å²) in [5.74, 6) is -0.184. The standard InChI is InChI=1S/C22H29Cl2N5O3/c1-3-15(4-2)20(30)25-12-17-13-29(27-26-17)14-22(32)7-9-28(10-8-22)21(31)18-11-16(23)5-6-19(18)24/h5-6,11,13,15,32H,3-4,7-10,12,14H2,1-2H3,(H,25,30). The van der Waals surface area contributed by atoms with E-state index in [2.05, 4.69) is 15.6 Å². The fourth-order valence-corrected chi connectivity index (χ4v) is 4.27. The highest BCUT2D eigenvalue weighted by Gasteiger charge is 2.35. The van der Waals surface area contributed by atoms with E-state index < -0.39 is 5.60 Å². The molecule has 10 heteroatoms. The van der Waals surface area contributed by atoms with E-state index in [1.807, 2.05) is 13.8 Å². The van der Waals surface area contributed by atoms with Crippen molar-refractivity contribution >= 4 is 35.0 Å². The minimum Gasteiger partial charge on any atom is -0.388 e. The van der Waals surface area contributed by atoms with Gasteiger partial charge in [0.15, 0.2) is 0 Å². The van der Waals surface area contributed by atoms with E-state index in [1.54, 1.807) is 34.0 Å². The van der Waals surface area contributed by atoms with Crippen LogP contribution in [-0.4, -0.2) is 55.5 Å². The van der Waals surface area contributed by atoms with Crippen molar-refractivity contribution in [2.24, 2.45) is 5.92 Å². The monoisotopic (exact) mass is 481 g/mol. The second kappa shape index (κ2) is 10.6. The molecular formula is C22H29Cl2N5O3. The fourth-order valence-electron chi connectivity index (χ4n) is 3.90. The maximum absolute atomic E-state index is 12.8. The van der Waals surface area contributed by atoms with E-state index >= 15 is 0 Å². The molecule has 0 bridgehead atoms. The van der Waals surface area contributed by atoms with Crippen LogP contribution in [0.4, 0.5) is 0 Å². The van der Waals surface area contributed by atoms with Gasteiger partial charge in [0.05, 0.1) is 35.5 Å². The number of piperidine rings is 1. The molecule has 1 aromatic heterocycles. The predicted octanol–water partition coefficient (Wildman–Crippen LogP) is 3.30. The first-order valence-electron chi connectivity index (χ1n) is 10.9. The van der Waals surface area contributed by atoms with Crippen LogP contribution in [0.3, 0.4) is 0 Å². The number of nitrogens with zero attached hydrogens (tertiary/aromatic N) is 4. The Labute approximate surface area is 197 Å². The van der Waals surface area contributed by atoms with E-state index in [4.69, 9.17) is 23.2 Å². The molecular weight excluding hydrogens is 453 g/mol. The lowest BCUT2D eigenvalue weighted by molar-refractivity contribution is -0.125. The molecule has 0 saturated carbocycles. The van der Waals surface area contributed by atoms with Crippen molar-refractivity contribution in [2.75, 3.05) is 13.1 Å². The molecule has 1 aliphatic rings. The Balaban J connectivity index is 1.53. The van der Waals surface area contributed by atoms with Gasteiger partial charge >= 0.3 is 0 Å². The molecule has 1 saturated heterocycles. The Hall–Kier alpha value is -2.16.